The number of aliphatic hydroxyl groups is 1. The molecule has 0 saturated carbocycles. The second kappa shape index (κ2) is 10.6. The first-order chi connectivity index (χ1) is 11.5. The Kier molecular flexibility index (Phi) is 8.86. The Labute approximate surface area is 148 Å². The van der Waals surface area contributed by atoms with E-state index >= 15 is 0 Å². The van der Waals surface area contributed by atoms with Crippen molar-refractivity contribution in [1.82, 2.24) is 4.98 Å². The van der Waals surface area contributed by atoms with E-state index in [4.69, 9.17) is 4.74 Å². The molecule has 24 heavy (non-hydrogen) atoms. The lowest BCUT2D eigenvalue weighted by Crippen LogP contribution is -2.09. The molecule has 0 unspecified atom stereocenters. The van der Waals surface area contributed by atoms with E-state index in [0.29, 0.717) is 24.8 Å². The maximum absolute atomic E-state index is 9.39. The molecule has 0 radical (unpaired) electrons. The molecule has 0 saturated heterocycles. The molecule has 0 amide bonds. The van der Waals surface area contributed by atoms with Crippen molar-refractivity contribution in [2.45, 2.75) is 40.2 Å². The Morgan fingerprint density at radius 1 is 1.50 bits per heavy atom. The van der Waals surface area contributed by atoms with Crippen LogP contribution in [-0.2, 0) is 4.74 Å². The van der Waals surface area contributed by atoms with Crippen molar-refractivity contribution in [2.24, 2.45) is 4.99 Å². The molecule has 0 spiro atoms. The molecule has 0 aromatic carbocycles. The van der Waals surface area contributed by atoms with Crippen molar-refractivity contribution >= 4 is 22.2 Å². The molecule has 0 aliphatic heterocycles. The molecule has 2 N–H and O–H groups in total. The lowest BCUT2D eigenvalue weighted by Gasteiger charge is -2.04. The van der Waals surface area contributed by atoms with Gasteiger partial charge in [0.2, 0.25) is 0 Å². The average molecular weight is 350 g/mol. The van der Waals surface area contributed by atoms with Gasteiger partial charge in [-0.1, -0.05) is 6.08 Å². The number of hydrogen-bond acceptors (Lipinski definition) is 6. The number of methoxy groups -OCH3 is 1. The molecule has 1 aromatic rings. The summed E-state index contributed by atoms with van der Waals surface area (Å²) < 4.78 is 5.28. The average Bonchev–Trinajstić information content (AvgIpc) is 3.00. The fourth-order valence-corrected chi connectivity index (χ4v) is 2.64. The third-order valence-corrected chi connectivity index (χ3v) is 3.86. The van der Waals surface area contributed by atoms with Crippen LogP contribution in [0.5, 0.6) is 0 Å². The first-order valence-corrected chi connectivity index (χ1v) is 8.82. The van der Waals surface area contributed by atoms with Gasteiger partial charge in [-0.15, -0.1) is 11.3 Å². The van der Waals surface area contributed by atoms with Crippen LogP contribution in [0.4, 0.5) is 5.13 Å². The number of rotatable bonds is 9. The molecule has 1 heterocycles. The van der Waals surface area contributed by atoms with Gasteiger partial charge in [0.25, 0.3) is 0 Å². The molecule has 0 aliphatic carbocycles. The normalized spacial score (nSPS) is 13.8. The summed E-state index contributed by atoms with van der Waals surface area (Å²) in [6.07, 6.45) is 7.74. The SMILES string of the molecule is C/C=C(/O)C/C=C\C(=C/CN=C(C)c1csc(NC(C)C)n1)OC. The van der Waals surface area contributed by atoms with E-state index in [1.807, 2.05) is 30.5 Å². The molecular weight excluding hydrogens is 322 g/mol. The fourth-order valence-electron chi connectivity index (χ4n) is 1.74. The van der Waals surface area contributed by atoms with Gasteiger partial charge in [0.15, 0.2) is 5.13 Å². The Hall–Kier alpha value is -2.08. The van der Waals surface area contributed by atoms with E-state index in [1.165, 1.54) is 0 Å². The summed E-state index contributed by atoms with van der Waals surface area (Å²) in [5, 5.41) is 15.6. The van der Waals surface area contributed by atoms with Crippen LogP contribution < -0.4 is 5.32 Å². The largest absolute Gasteiger partial charge is 0.512 e. The summed E-state index contributed by atoms with van der Waals surface area (Å²) in [4.78, 5) is 9.04. The second-order valence-electron chi connectivity index (χ2n) is 5.46. The zero-order valence-electron chi connectivity index (χ0n) is 15.0. The molecule has 0 aliphatic rings. The molecule has 1 rings (SSSR count). The van der Waals surface area contributed by atoms with Crippen LogP contribution in [0.2, 0.25) is 0 Å². The smallest absolute Gasteiger partial charge is 0.183 e. The predicted octanol–water partition coefficient (Wildman–Crippen LogP) is 4.71. The van der Waals surface area contributed by atoms with Crippen molar-refractivity contribution in [3.8, 4) is 0 Å². The van der Waals surface area contributed by atoms with E-state index in [9.17, 15) is 5.11 Å². The minimum atomic E-state index is 0.338. The highest BCUT2D eigenvalue weighted by atomic mass is 32.1. The summed E-state index contributed by atoms with van der Waals surface area (Å²) in [5.74, 6) is 1.06. The van der Waals surface area contributed by atoms with Crippen LogP contribution in [0.25, 0.3) is 0 Å². The fraction of sp³-hybridized carbons (Fsp3) is 0.444. The number of aliphatic imine (C=N–C) groups is 1. The minimum Gasteiger partial charge on any atom is -0.512 e. The standard InChI is InChI=1S/C18H27N3O2S/c1-6-15(22)8-7-9-16(23-5)10-11-19-14(4)17-12-24-18(21-17)20-13(2)3/h6-7,9-10,12-13,22H,8,11H2,1-5H3,(H,20,21)/b9-7-,15-6+,16-10+,19-14?. The van der Waals surface area contributed by atoms with Crippen LogP contribution in [0.3, 0.4) is 0 Å². The number of allylic oxidation sites excluding steroid dienone is 3. The molecule has 1 aromatic heterocycles. The maximum atomic E-state index is 9.39. The van der Waals surface area contributed by atoms with Gasteiger partial charge >= 0.3 is 0 Å². The van der Waals surface area contributed by atoms with Gasteiger partial charge in [0.1, 0.15) is 5.76 Å². The van der Waals surface area contributed by atoms with Crippen LogP contribution in [0.1, 0.15) is 39.8 Å². The molecule has 0 atom stereocenters. The second-order valence-corrected chi connectivity index (χ2v) is 6.32. The lowest BCUT2D eigenvalue weighted by atomic mass is 10.3. The van der Waals surface area contributed by atoms with Crippen LogP contribution >= 0.6 is 11.3 Å². The Morgan fingerprint density at radius 2 is 2.25 bits per heavy atom. The quantitative estimate of drug-likeness (QED) is 0.385. The monoisotopic (exact) mass is 349 g/mol. The Balaban J connectivity index is 2.63. The minimum absolute atomic E-state index is 0.338. The number of anilines is 1. The van der Waals surface area contributed by atoms with E-state index < -0.39 is 0 Å². The van der Waals surface area contributed by atoms with Crippen molar-refractivity contribution in [2.75, 3.05) is 19.0 Å². The summed E-state index contributed by atoms with van der Waals surface area (Å²) in [6, 6.07) is 0.363. The summed E-state index contributed by atoms with van der Waals surface area (Å²) >= 11 is 1.58. The van der Waals surface area contributed by atoms with Crippen LogP contribution in [0.15, 0.2) is 46.2 Å². The number of thiazole rings is 1. The number of hydrogen-bond donors (Lipinski definition) is 2. The molecule has 6 heteroatoms. The number of ether oxygens (including phenoxy) is 1. The van der Waals surface area contributed by atoms with Gasteiger partial charge in [0, 0.05) is 17.8 Å². The number of nitrogens with zero attached hydrogens (tertiary/aromatic N) is 2. The zero-order chi connectivity index (χ0) is 17.9. The molecule has 5 nitrogen and oxygen atoms in total. The molecule has 0 bridgehead atoms. The lowest BCUT2D eigenvalue weighted by molar-refractivity contribution is 0.305. The highest BCUT2D eigenvalue weighted by Crippen LogP contribution is 2.17. The number of aromatic nitrogens is 1. The van der Waals surface area contributed by atoms with Crippen molar-refractivity contribution in [3.63, 3.8) is 0 Å². The van der Waals surface area contributed by atoms with Gasteiger partial charge in [-0.2, -0.15) is 0 Å². The van der Waals surface area contributed by atoms with Gasteiger partial charge < -0.3 is 15.2 Å². The van der Waals surface area contributed by atoms with Crippen molar-refractivity contribution < 1.29 is 9.84 Å². The zero-order valence-corrected chi connectivity index (χ0v) is 15.9. The Bertz CT molecular complexity index is 628. The maximum Gasteiger partial charge on any atom is 0.183 e. The first kappa shape index (κ1) is 20.0. The van der Waals surface area contributed by atoms with E-state index in [-0.39, 0.29) is 0 Å². The van der Waals surface area contributed by atoms with Crippen LogP contribution in [0, 0.1) is 0 Å². The van der Waals surface area contributed by atoms with Gasteiger partial charge in [-0.25, -0.2) is 4.98 Å². The van der Waals surface area contributed by atoms with Gasteiger partial charge in [-0.05, 0) is 45.9 Å². The Morgan fingerprint density at radius 3 is 2.88 bits per heavy atom. The predicted molar refractivity (Wildman–Crippen MR) is 103 cm³/mol. The number of aliphatic hydroxyl groups excluding tert-OH is 1. The third kappa shape index (κ3) is 7.46. The summed E-state index contributed by atoms with van der Waals surface area (Å²) in [5.41, 5.74) is 1.79. The number of nitrogens with one attached hydrogen (secondary N) is 1. The van der Waals surface area contributed by atoms with Crippen molar-refractivity contribution in [1.29, 1.82) is 0 Å². The summed E-state index contributed by atoms with van der Waals surface area (Å²) in [6.45, 7) is 8.44. The molecular formula is C18H27N3O2S. The van der Waals surface area contributed by atoms with E-state index in [0.717, 1.165) is 22.3 Å². The van der Waals surface area contributed by atoms with E-state index in [1.54, 1.807) is 31.4 Å². The van der Waals surface area contributed by atoms with Crippen molar-refractivity contribution in [3.05, 3.63) is 46.9 Å². The topological polar surface area (TPSA) is 66.7 Å². The third-order valence-electron chi connectivity index (χ3n) is 3.09. The highest BCUT2D eigenvalue weighted by molar-refractivity contribution is 7.13. The highest BCUT2D eigenvalue weighted by Gasteiger charge is 2.05. The van der Waals surface area contributed by atoms with Gasteiger partial charge in [0.05, 0.1) is 30.8 Å². The first-order valence-electron chi connectivity index (χ1n) is 7.94. The van der Waals surface area contributed by atoms with Crippen LogP contribution in [-0.4, -0.2) is 35.5 Å². The molecule has 132 valence electrons. The van der Waals surface area contributed by atoms with Gasteiger partial charge in [-0.3, -0.25) is 4.99 Å². The van der Waals surface area contributed by atoms with E-state index in [2.05, 4.69) is 29.1 Å². The molecule has 0 fully saturated rings. The summed E-state index contributed by atoms with van der Waals surface area (Å²) in [7, 11) is 1.62.